The van der Waals surface area contributed by atoms with Crippen molar-refractivity contribution in [3.8, 4) is 0 Å². The zero-order chi connectivity index (χ0) is 16.8. The minimum atomic E-state index is -0.222. The van der Waals surface area contributed by atoms with E-state index in [1.807, 2.05) is 36.4 Å². The van der Waals surface area contributed by atoms with E-state index in [-0.39, 0.29) is 6.03 Å². The number of carbonyl (C=O) groups excluding carboxylic acids is 1. The molecule has 126 valence electrons. The van der Waals surface area contributed by atoms with Crippen molar-refractivity contribution < 1.29 is 4.79 Å². The number of anilines is 2. The van der Waals surface area contributed by atoms with Crippen molar-refractivity contribution >= 4 is 29.0 Å². The SMILES string of the molecule is O=C(NCc1cccc(Cl)c1)Nc1ccc(N2CCCCC2)cc1. The number of urea groups is 1. The summed E-state index contributed by atoms with van der Waals surface area (Å²) in [6.07, 6.45) is 3.83. The Morgan fingerprint density at radius 1 is 1.04 bits per heavy atom. The van der Waals surface area contributed by atoms with E-state index < -0.39 is 0 Å². The standard InChI is InChI=1S/C19H22ClN3O/c20-16-6-4-5-15(13-16)14-21-19(24)22-17-7-9-18(10-8-17)23-11-2-1-3-12-23/h4-10,13H,1-3,11-12,14H2,(H2,21,22,24). The molecule has 0 aromatic heterocycles. The third-order valence-corrected chi connectivity index (χ3v) is 4.42. The highest BCUT2D eigenvalue weighted by Gasteiger charge is 2.10. The first-order chi connectivity index (χ1) is 11.7. The Labute approximate surface area is 147 Å². The first-order valence-corrected chi connectivity index (χ1v) is 8.73. The molecule has 0 radical (unpaired) electrons. The van der Waals surface area contributed by atoms with Crippen LogP contribution in [0.3, 0.4) is 0 Å². The summed E-state index contributed by atoms with van der Waals surface area (Å²) in [4.78, 5) is 14.4. The van der Waals surface area contributed by atoms with Crippen molar-refractivity contribution in [1.82, 2.24) is 5.32 Å². The zero-order valence-electron chi connectivity index (χ0n) is 13.6. The molecule has 2 aromatic rings. The van der Waals surface area contributed by atoms with Crippen molar-refractivity contribution in [3.63, 3.8) is 0 Å². The fourth-order valence-corrected chi connectivity index (χ4v) is 3.13. The van der Waals surface area contributed by atoms with E-state index in [0.717, 1.165) is 24.3 Å². The van der Waals surface area contributed by atoms with Gasteiger partial charge in [-0.3, -0.25) is 0 Å². The number of piperidine rings is 1. The molecule has 0 spiro atoms. The summed E-state index contributed by atoms with van der Waals surface area (Å²) < 4.78 is 0. The molecule has 1 fully saturated rings. The van der Waals surface area contributed by atoms with Gasteiger partial charge >= 0.3 is 6.03 Å². The maximum absolute atomic E-state index is 12.0. The molecule has 1 saturated heterocycles. The minimum absolute atomic E-state index is 0.222. The van der Waals surface area contributed by atoms with Crippen LogP contribution < -0.4 is 15.5 Å². The van der Waals surface area contributed by atoms with Crippen LogP contribution in [0, 0.1) is 0 Å². The van der Waals surface area contributed by atoms with Crippen molar-refractivity contribution in [2.75, 3.05) is 23.3 Å². The van der Waals surface area contributed by atoms with E-state index >= 15 is 0 Å². The smallest absolute Gasteiger partial charge is 0.319 e. The van der Waals surface area contributed by atoms with E-state index in [0.29, 0.717) is 11.6 Å². The Kier molecular flexibility index (Phi) is 5.59. The van der Waals surface area contributed by atoms with Gasteiger partial charge in [0.15, 0.2) is 0 Å². The number of carbonyl (C=O) groups is 1. The maximum atomic E-state index is 12.0. The predicted molar refractivity (Wildman–Crippen MR) is 99.8 cm³/mol. The van der Waals surface area contributed by atoms with Crippen molar-refractivity contribution in [1.29, 1.82) is 0 Å². The first kappa shape index (κ1) is 16.7. The second-order valence-corrected chi connectivity index (χ2v) is 6.47. The van der Waals surface area contributed by atoms with Crippen LogP contribution in [-0.2, 0) is 6.54 Å². The van der Waals surface area contributed by atoms with Gasteiger partial charge in [-0.15, -0.1) is 0 Å². The lowest BCUT2D eigenvalue weighted by Crippen LogP contribution is -2.29. The zero-order valence-corrected chi connectivity index (χ0v) is 14.4. The van der Waals surface area contributed by atoms with Gasteiger partial charge < -0.3 is 15.5 Å². The molecule has 0 aliphatic carbocycles. The lowest BCUT2D eigenvalue weighted by molar-refractivity contribution is 0.251. The number of hydrogen-bond acceptors (Lipinski definition) is 2. The Morgan fingerprint density at radius 2 is 1.79 bits per heavy atom. The third kappa shape index (κ3) is 4.65. The number of rotatable bonds is 4. The van der Waals surface area contributed by atoms with Gasteiger partial charge in [0.25, 0.3) is 0 Å². The van der Waals surface area contributed by atoms with Gasteiger partial charge in [-0.05, 0) is 61.2 Å². The summed E-state index contributed by atoms with van der Waals surface area (Å²) in [6, 6.07) is 15.3. The monoisotopic (exact) mass is 343 g/mol. The Hall–Kier alpha value is -2.20. The van der Waals surface area contributed by atoms with E-state index in [9.17, 15) is 4.79 Å². The number of benzene rings is 2. The van der Waals surface area contributed by atoms with Gasteiger partial charge in [0.1, 0.15) is 0 Å². The van der Waals surface area contributed by atoms with Gasteiger partial charge in [0.05, 0.1) is 0 Å². The molecule has 0 atom stereocenters. The molecule has 3 rings (SSSR count). The molecule has 0 unspecified atom stereocenters. The Morgan fingerprint density at radius 3 is 2.50 bits per heavy atom. The average molecular weight is 344 g/mol. The summed E-state index contributed by atoms with van der Waals surface area (Å²) in [7, 11) is 0. The van der Waals surface area contributed by atoms with Gasteiger partial charge in [0, 0.05) is 36.0 Å². The Balaban J connectivity index is 1.50. The fourth-order valence-electron chi connectivity index (χ4n) is 2.91. The fraction of sp³-hybridized carbons (Fsp3) is 0.316. The average Bonchev–Trinajstić information content (AvgIpc) is 2.61. The van der Waals surface area contributed by atoms with Crippen molar-refractivity contribution in [2.24, 2.45) is 0 Å². The third-order valence-electron chi connectivity index (χ3n) is 4.19. The molecular weight excluding hydrogens is 322 g/mol. The summed E-state index contributed by atoms with van der Waals surface area (Å²) >= 11 is 5.94. The lowest BCUT2D eigenvalue weighted by atomic mass is 10.1. The van der Waals surface area contributed by atoms with E-state index in [1.165, 1.54) is 24.9 Å². The molecule has 2 aromatic carbocycles. The first-order valence-electron chi connectivity index (χ1n) is 8.35. The normalized spacial score (nSPS) is 14.3. The number of hydrogen-bond donors (Lipinski definition) is 2. The minimum Gasteiger partial charge on any atom is -0.372 e. The lowest BCUT2D eigenvalue weighted by Gasteiger charge is -2.28. The number of nitrogens with one attached hydrogen (secondary N) is 2. The molecule has 1 heterocycles. The summed E-state index contributed by atoms with van der Waals surface area (Å²) in [5, 5.41) is 6.36. The Bertz CT molecular complexity index is 681. The molecule has 24 heavy (non-hydrogen) atoms. The molecule has 2 amide bonds. The second-order valence-electron chi connectivity index (χ2n) is 6.03. The number of halogens is 1. The van der Waals surface area contributed by atoms with E-state index in [2.05, 4.69) is 27.7 Å². The molecule has 1 aliphatic heterocycles. The van der Waals surface area contributed by atoms with Gasteiger partial charge in [-0.2, -0.15) is 0 Å². The molecule has 0 bridgehead atoms. The summed E-state index contributed by atoms with van der Waals surface area (Å²) in [5.41, 5.74) is 2.98. The highest BCUT2D eigenvalue weighted by Crippen LogP contribution is 2.21. The van der Waals surface area contributed by atoms with Crippen LogP contribution in [0.2, 0.25) is 5.02 Å². The van der Waals surface area contributed by atoms with Crippen LogP contribution in [0.1, 0.15) is 24.8 Å². The van der Waals surface area contributed by atoms with E-state index in [1.54, 1.807) is 0 Å². The second kappa shape index (κ2) is 8.06. The quantitative estimate of drug-likeness (QED) is 0.848. The van der Waals surface area contributed by atoms with Crippen molar-refractivity contribution in [3.05, 3.63) is 59.1 Å². The van der Waals surface area contributed by atoms with Gasteiger partial charge in [-0.1, -0.05) is 23.7 Å². The predicted octanol–water partition coefficient (Wildman–Crippen LogP) is 4.65. The molecule has 0 saturated carbocycles. The summed E-state index contributed by atoms with van der Waals surface area (Å²) in [6.45, 7) is 2.68. The van der Waals surface area contributed by atoms with Crippen LogP contribution in [0.25, 0.3) is 0 Å². The van der Waals surface area contributed by atoms with Gasteiger partial charge in [0.2, 0.25) is 0 Å². The maximum Gasteiger partial charge on any atom is 0.319 e. The van der Waals surface area contributed by atoms with Crippen LogP contribution in [0.4, 0.5) is 16.2 Å². The van der Waals surface area contributed by atoms with Crippen LogP contribution >= 0.6 is 11.6 Å². The summed E-state index contributed by atoms with van der Waals surface area (Å²) in [5.74, 6) is 0. The highest BCUT2D eigenvalue weighted by atomic mass is 35.5. The molecule has 5 heteroatoms. The van der Waals surface area contributed by atoms with Crippen molar-refractivity contribution in [2.45, 2.75) is 25.8 Å². The highest BCUT2D eigenvalue weighted by molar-refractivity contribution is 6.30. The van der Waals surface area contributed by atoms with Crippen LogP contribution in [0.5, 0.6) is 0 Å². The van der Waals surface area contributed by atoms with Crippen LogP contribution in [-0.4, -0.2) is 19.1 Å². The topological polar surface area (TPSA) is 44.4 Å². The largest absolute Gasteiger partial charge is 0.372 e. The molecular formula is C19H22ClN3O. The van der Waals surface area contributed by atoms with E-state index in [4.69, 9.17) is 11.6 Å². The molecule has 1 aliphatic rings. The number of nitrogens with zero attached hydrogens (tertiary/aromatic N) is 1. The van der Waals surface area contributed by atoms with Crippen LogP contribution in [0.15, 0.2) is 48.5 Å². The molecule has 4 nitrogen and oxygen atoms in total. The van der Waals surface area contributed by atoms with Gasteiger partial charge in [-0.25, -0.2) is 4.79 Å². The molecule has 2 N–H and O–H groups in total. The number of amides is 2.